The number of hydrogen-bond donors (Lipinski definition) is 0. The Morgan fingerprint density at radius 3 is 2.11 bits per heavy atom. The molecular weight excluding hydrogens is 481 g/mol. The summed E-state index contributed by atoms with van der Waals surface area (Å²) in [5.74, 6) is -0.252. The van der Waals surface area contributed by atoms with E-state index >= 15 is 0 Å². The maximum atomic E-state index is 13.5. The maximum absolute atomic E-state index is 13.5. The third-order valence-electron chi connectivity index (χ3n) is 7.19. The molecule has 0 bridgehead atoms. The zero-order valence-electron chi connectivity index (χ0n) is 20.9. The van der Waals surface area contributed by atoms with Crippen LogP contribution in [-0.2, 0) is 6.42 Å². The van der Waals surface area contributed by atoms with Gasteiger partial charge in [-0.15, -0.1) is 0 Å². The third kappa shape index (κ3) is 5.39. The lowest BCUT2D eigenvalue weighted by Crippen LogP contribution is -2.48. The fourth-order valence-electron chi connectivity index (χ4n) is 5.27. The highest BCUT2D eigenvalue weighted by molar-refractivity contribution is 6.30. The van der Waals surface area contributed by atoms with E-state index in [4.69, 9.17) is 11.6 Å². The molecule has 1 aliphatic heterocycles. The first kappa shape index (κ1) is 25.0. The van der Waals surface area contributed by atoms with E-state index in [1.165, 1.54) is 23.3 Å². The summed E-state index contributed by atoms with van der Waals surface area (Å²) in [4.78, 5) is 4.83. The van der Waals surface area contributed by atoms with E-state index < -0.39 is 0 Å². The Balaban J connectivity index is 1.44. The first-order valence-electron chi connectivity index (χ1n) is 12.7. The number of benzene rings is 4. The van der Waals surface area contributed by atoms with Gasteiger partial charge in [0.1, 0.15) is 11.9 Å². The molecule has 0 amide bonds. The maximum Gasteiger partial charge on any atom is 0.123 e. The molecule has 1 heterocycles. The lowest BCUT2D eigenvalue weighted by Gasteiger charge is -2.41. The number of halogens is 2. The Hall–Kier alpha value is -3.65. The molecule has 1 atom stereocenters. The molecule has 4 aromatic rings. The molecule has 1 aliphatic rings. The van der Waals surface area contributed by atoms with Gasteiger partial charge in [0.25, 0.3) is 0 Å². The fraction of sp³-hybridized carbons (Fsp3) is 0.219. The van der Waals surface area contributed by atoms with Gasteiger partial charge in [-0.05, 0) is 70.6 Å². The van der Waals surface area contributed by atoms with Gasteiger partial charge in [0.05, 0.1) is 17.3 Å². The highest BCUT2D eigenvalue weighted by Gasteiger charge is 2.28. The predicted molar refractivity (Wildman–Crippen MR) is 149 cm³/mol. The summed E-state index contributed by atoms with van der Waals surface area (Å²) in [5, 5.41) is 10.8. The van der Waals surface area contributed by atoms with Gasteiger partial charge in [0.2, 0.25) is 0 Å². The van der Waals surface area contributed by atoms with E-state index in [9.17, 15) is 9.65 Å². The van der Waals surface area contributed by atoms with Crippen LogP contribution in [0.25, 0.3) is 11.1 Å². The minimum Gasteiger partial charge on any atom is -0.368 e. The molecule has 1 fully saturated rings. The van der Waals surface area contributed by atoms with Crippen LogP contribution < -0.4 is 4.90 Å². The molecule has 0 aliphatic carbocycles. The van der Waals surface area contributed by atoms with Gasteiger partial charge in [-0.2, -0.15) is 5.26 Å². The minimum absolute atomic E-state index is 0.132. The van der Waals surface area contributed by atoms with Crippen molar-refractivity contribution in [2.75, 3.05) is 31.1 Å². The fourth-order valence-corrected chi connectivity index (χ4v) is 5.39. The zero-order valence-corrected chi connectivity index (χ0v) is 21.6. The molecule has 0 spiro atoms. The lowest BCUT2D eigenvalue weighted by atomic mass is 9.94. The highest BCUT2D eigenvalue weighted by Crippen LogP contribution is 2.35. The molecule has 1 saturated heterocycles. The normalized spacial score (nSPS) is 14.8. The summed E-state index contributed by atoms with van der Waals surface area (Å²) in [7, 11) is 0. The van der Waals surface area contributed by atoms with Gasteiger partial charge in [-0.25, -0.2) is 4.39 Å². The van der Waals surface area contributed by atoms with Crippen LogP contribution in [0.15, 0.2) is 91.0 Å². The van der Waals surface area contributed by atoms with E-state index in [-0.39, 0.29) is 11.9 Å². The molecule has 5 heteroatoms. The first-order chi connectivity index (χ1) is 18.1. The highest BCUT2D eigenvalue weighted by atomic mass is 35.5. The molecule has 0 aromatic heterocycles. The van der Waals surface area contributed by atoms with Crippen molar-refractivity contribution in [3.8, 4) is 17.2 Å². The van der Waals surface area contributed by atoms with Crippen molar-refractivity contribution in [2.45, 2.75) is 19.4 Å². The number of hydrogen-bond acceptors (Lipinski definition) is 3. The molecule has 1 unspecified atom stereocenters. The monoisotopic (exact) mass is 509 g/mol. The van der Waals surface area contributed by atoms with Gasteiger partial charge in [-0.1, -0.05) is 73.1 Å². The Bertz CT molecular complexity index is 1390. The van der Waals surface area contributed by atoms with E-state index in [1.807, 2.05) is 18.2 Å². The van der Waals surface area contributed by atoms with Crippen LogP contribution in [0, 0.1) is 17.1 Å². The summed E-state index contributed by atoms with van der Waals surface area (Å²) in [6.45, 7) is 5.40. The quantitative estimate of drug-likeness (QED) is 0.269. The zero-order chi connectivity index (χ0) is 25.8. The average Bonchev–Trinajstić information content (AvgIpc) is 2.95. The van der Waals surface area contributed by atoms with Crippen LogP contribution in [0.4, 0.5) is 10.1 Å². The van der Waals surface area contributed by atoms with Crippen molar-refractivity contribution in [3.05, 3.63) is 124 Å². The second kappa shape index (κ2) is 11.2. The van der Waals surface area contributed by atoms with Crippen LogP contribution in [0.1, 0.15) is 35.2 Å². The molecular formula is C32H29ClFN3. The summed E-state index contributed by atoms with van der Waals surface area (Å²) >= 11 is 6.19. The van der Waals surface area contributed by atoms with Crippen molar-refractivity contribution in [2.24, 2.45) is 0 Å². The third-order valence-corrected chi connectivity index (χ3v) is 7.44. The van der Waals surface area contributed by atoms with Crippen molar-refractivity contribution in [1.82, 2.24) is 4.90 Å². The van der Waals surface area contributed by atoms with E-state index in [2.05, 4.69) is 71.3 Å². The predicted octanol–water partition coefficient (Wildman–Crippen LogP) is 7.49. The van der Waals surface area contributed by atoms with E-state index in [0.717, 1.165) is 65.6 Å². The van der Waals surface area contributed by atoms with Crippen molar-refractivity contribution >= 4 is 17.3 Å². The van der Waals surface area contributed by atoms with Gasteiger partial charge < -0.3 is 4.90 Å². The summed E-state index contributed by atoms with van der Waals surface area (Å²) in [5.41, 5.74) is 7.15. The molecule has 37 heavy (non-hydrogen) atoms. The first-order valence-corrected chi connectivity index (χ1v) is 13.1. The largest absolute Gasteiger partial charge is 0.368 e. The second-order valence-corrected chi connectivity index (χ2v) is 9.83. The minimum atomic E-state index is -0.252. The van der Waals surface area contributed by atoms with Gasteiger partial charge in [0.15, 0.2) is 0 Å². The Kier molecular flexibility index (Phi) is 7.55. The number of nitriles is 1. The van der Waals surface area contributed by atoms with Crippen LogP contribution in [-0.4, -0.2) is 31.1 Å². The number of nitrogens with zero attached hydrogens (tertiary/aromatic N) is 3. The second-order valence-electron chi connectivity index (χ2n) is 9.39. The van der Waals surface area contributed by atoms with Crippen LogP contribution in [0.2, 0.25) is 5.02 Å². The van der Waals surface area contributed by atoms with Crippen molar-refractivity contribution in [3.63, 3.8) is 0 Å². The van der Waals surface area contributed by atoms with Gasteiger partial charge in [0, 0.05) is 31.2 Å². The Labute approximate surface area is 223 Å². The smallest absolute Gasteiger partial charge is 0.123 e. The van der Waals surface area contributed by atoms with Crippen molar-refractivity contribution in [1.29, 1.82) is 5.26 Å². The summed E-state index contributed by atoms with van der Waals surface area (Å²) in [6.07, 6.45) is 0.761. The Morgan fingerprint density at radius 2 is 1.49 bits per heavy atom. The number of rotatable bonds is 6. The Morgan fingerprint density at radius 1 is 0.838 bits per heavy atom. The molecule has 0 radical (unpaired) electrons. The molecule has 0 saturated carbocycles. The van der Waals surface area contributed by atoms with Crippen molar-refractivity contribution < 1.29 is 4.39 Å². The van der Waals surface area contributed by atoms with Gasteiger partial charge >= 0.3 is 0 Å². The summed E-state index contributed by atoms with van der Waals surface area (Å²) < 4.78 is 13.5. The lowest BCUT2D eigenvalue weighted by molar-refractivity contribution is 0.212. The molecule has 186 valence electrons. The number of anilines is 1. The van der Waals surface area contributed by atoms with E-state index in [1.54, 1.807) is 12.1 Å². The molecule has 4 aromatic carbocycles. The summed E-state index contributed by atoms with van der Waals surface area (Å²) in [6, 6.07) is 32.0. The van der Waals surface area contributed by atoms with Crippen LogP contribution in [0.3, 0.4) is 0 Å². The van der Waals surface area contributed by atoms with E-state index in [0.29, 0.717) is 0 Å². The SMILES string of the molecule is CCc1cc(-c2ccc(F)cc2)cc(N2CCN(C(c3ccccc3)c3ccc(Cl)cc3)CC2)c1C#N. The topological polar surface area (TPSA) is 30.3 Å². The standard InChI is InChI=1S/C32H29ClFN3/c1-2-23-20-27(24-10-14-29(34)15-11-24)21-31(30(23)22-35)36-16-18-37(19-17-36)32(25-6-4-3-5-7-25)26-8-12-28(33)13-9-26/h3-15,20-21,32H,2,16-19H2,1H3. The number of aryl methyl sites for hydroxylation is 1. The molecule has 0 N–H and O–H groups in total. The molecule has 5 rings (SSSR count). The average molecular weight is 510 g/mol. The number of piperazine rings is 1. The van der Waals surface area contributed by atoms with Gasteiger partial charge in [-0.3, -0.25) is 4.90 Å². The van der Waals surface area contributed by atoms with Crippen LogP contribution in [0.5, 0.6) is 0 Å². The van der Waals surface area contributed by atoms with Crippen LogP contribution >= 0.6 is 11.6 Å². The molecule has 3 nitrogen and oxygen atoms in total.